The molecule has 1 aromatic heterocycles. The highest BCUT2D eigenvalue weighted by Crippen LogP contribution is 2.37. The molecule has 1 N–H and O–H groups in total. The molecule has 0 aliphatic carbocycles. The molecule has 0 spiro atoms. The summed E-state index contributed by atoms with van der Waals surface area (Å²) in [6.45, 7) is 1.15. The van der Waals surface area contributed by atoms with Crippen LogP contribution in [0, 0.1) is 0 Å². The van der Waals surface area contributed by atoms with Crippen LogP contribution in [0.15, 0.2) is 53.5 Å². The van der Waals surface area contributed by atoms with E-state index in [1.807, 2.05) is 18.2 Å². The van der Waals surface area contributed by atoms with Crippen molar-refractivity contribution in [3.63, 3.8) is 0 Å². The van der Waals surface area contributed by atoms with Gasteiger partial charge < -0.3 is 9.84 Å². The molecule has 1 aliphatic rings. The average Bonchev–Trinajstić information content (AvgIpc) is 3.07. The first-order chi connectivity index (χ1) is 12.1. The van der Waals surface area contributed by atoms with Crippen molar-refractivity contribution in [1.82, 2.24) is 4.57 Å². The SMILES string of the molecule is CC(=O)OCn1c(O)c(C2=Nc3ccccc3C2=O)c2ccccc21. The first-order valence-electron chi connectivity index (χ1n) is 7.74. The maximum absolute atomic E-state index is 12.7. The lowest BCUT2D eigenvalue weighted by atomic mass is 10.0. The standard InChI is InChI=1S/C19H14N2O4/c1-11(22)25-10-21-15-9-5-3-7-13(15)16(19(21)24)17-18(23)12-6-2-4-8-14(12)20-17/h2-9,24H,10H2,1H3. The molecule has 0 amide bonds. The Bertz CT molecular complexity index is 1060. The number of benzene rings is 2. The number of esters is 1. The third kappa shape index (κ3) is 2.30. The van der Waals surface area contributed by atoms with E-state index >= 15 is 0 Å². The lowest BCUT2D eigenvalue weighted by Gasteiger charge is -2.07. The van der Waals surface area contributed by atoms with Gasteiger partial charge in [0.1, 0.15) is 5.71 Å². The van der Waals surface area contributed by atoms with Crippen LogP contribution in [0.1, 0.15) is 22.8 Å². The maximum atomic E-state index is 12.7. The number of nitrogens with zero attached hydrogens (tertiary/aromatic N) is 2. The van der Waals surface area contributed by atoms with Crippen LogP contribution in [0.3, 0.4) is 0 Å². The van der Waals surface area contributed by atoms with Gasteiger partial charge in [-0.05, 0) is 18.2 Å². The highest BCUT2D eigenvalue weighted by molar-refractivity contribution is 6.56. The van der Waals surface area contributed by atoms with Crippen LogP contribution < -0.4 is 0 Å². The Balaban J connectivity index is 1.91. The highest BCUT2D eigenvalue weighted by Gasteiger charge is 2.31. The number of hydrogen-bond donors (Lipinski definition) is 1. The molecule has 0 unspecified atom stereocenters. The largest absolute Gasteiger partial charge is 0.494 e. The minimum absolute atomic E-state index is 0.143. The second-order valence-corrected chi connectivity index (χ2v) is 5.72. The van der Waals surface area contributed by atoms with E-state index in [0.717, 1.165) is 0 Å². The topological polar surface area (TPSA) is 80.9 Å². The lowest BCUT2D eigenvalue weighted by Crippen LogP contribution is -2.11. The van der Waals surface area contributed by atoms with E-state index in [2.05, 4.69) is 4.99 Å². The number of aromatic hydroxyl groups is 1. The normalized spacial score (nSPS) is 13.0. The number of fused-ring (bicyclic) bond motifs is 2. The Kier molecular flexibility index (Phi) is 3.39. The van der Waals surface area contributed by atoms with Crippen LogP contribution >= 0.6 is 0 Å². The van der Waals surface area contributed by atoms with Crippen LogP contribution in [-0.2, 0) is 16.3 Å². The maximum Gasteiger partial charge on any atom is 0.304 e. The molecule has 1 aliphatic heterocycles. The smallest absolute Gasteiger partial charge is 0.304 e. The molecule has 25 heavy (non-hydrogen) atoms. The lowest BCUT2D eigenvalue weighted by molar-refractivity contribution is -0.144. The number of carbonyl (C=O) groups is 2. The van der Waals surface area contributed by atoms with Crippen LogP contribution in [0.4, 0.5) is 5.69 Å². The summed E-state index contributed by atoms with van der Waals surface area (Å²) in [4.78, 5) is 28.3. The number of ketones is 1. The van der Waals surface area contributed by atoms with Gasteiger partial charge in [-0.3, -0.25) is 14.2 Å². The Hall–Kier alpha value is -3.41. The Morgan fingerprint density at radius 1 is 1.16 bits per heavy atom. The second kappa shape index (κ2) is 5.59. The number of Topliss-reactive ketones (excluding diaryl/α,β-unsaturated/α-hetero) is 1. The summed E-state index contributed by atoms with van der Waals surface area (Å²) in [6, 6.07) is 14.3. The third-order valence-corrected chi connectivity index (χ3v) is 4.17. The molecule has 124 valence electrons. The van der Waals surface area contributed by atoms with E-state index < -0.39 is 5.97 Å². The molecule has 4 rings (SSSR count). The second-order valence-electron chi connectivity index (χ2n) is 5.72. The molecule has 3 aromatic rings. The first kappa shape index (κ1) is 15.1. The fraction of sp³-hybridized carbons (Fsp3) is 0.105. The van der Waals surface area contributed by atoms with Crippen molar-refractivity contribution in [2.75, 3.05) is 0 Å². The molecule has 0 saturated heterocycles. The van der Waals surface area contributed by atoms with Crippen molar-refractivity contribution in [3.05, 3.63) is 59.7 Å². The van der Waals surface area contributed by atoms with Crippen molar-refractivity contribution in [2.45, 2.75) is 13.7 Å². The summed E-state index contributed by atoms with van der Waals surface area (Å²) >= 11 is 0. The van der Waals surface area contributed by atoms with Gasteiger partial charge in [-0.15, -0.1) is 0 Å². The minimum atomic E-state index is -0.458. The van der Waals surface area contributed by atoms with Crippen molar-refractivity contribution in [3.8, 4) is 5.88 Å². The molecule has 0 atom stereocenters. The number of rotatable bonds is 3. The number of para-hydroxylation sites is 2. The summed E-state index contributed by atoms with van der Waals surface area (Å²) in [6.07, 6.45) is 0. The molecule has 6 heteroatoms. The number of carbonyl (C=O) groups excluding carboxylic acids is 2. The molecule has 0 bridgehead atoms. The molecule has 0 saturated carbocycles. The van der Waals surface area contributed by atoms with Crippen molar-refractivity contribution in [2.24, 2.45) is 4.99 Å². The number of aliphatic imine (C=N–C) groups is 1. The molecule has 6 nitrogen and oxygen atoms in total. The predicted octanol–water partition coefficient (Wildman–Crippen LogP) is 3.18. The molecule has 0 radical (unpaired) electrons. The van der Waals surface area contributed by atoms with E-state index in [1.54, 1.807) is 30.3 Å². The van der Waals surface area contributed by atoms with Gasteiger partial charge in [-0.1, -0.05) is 30.3 Å². The van der Waals surface area contributed by atoms with Crippen molar-refractivity contribution in [1.29, 1.82) is 0 Å². The number of ether oxygens (including phenoxy) is 1. The number of hydrogen-bond acceptors (Lipinski definition) is 5. The van der Waals surface area contributed by atoms with E-state index in [4.69, 9.17) is 4.74 Å². The summed E-state index contributed by atoms with van der Waals surface area (Å²) in [5, 5.41) is 11.4. The van der Waals surface area contributed by atoms with Gasteiger partial charge in [0.15, 0.2) is 6.73 Å². The molecular formula is C19H14N2O4. The van der Waals surface area contributed by atoms with Gasteiger partial charge in [0.25, 0.3) is 0 Å². The van der Waals surface area contributed by atoms with Crippen molar-refractivity contribution >= 4 is 34.1 Å². The van der Waals surface area contributed by atoms with Crippen LogP contribution in [0.5, 0.6) is 5.88 Å². The zero-order valence-electron chi connectivity index (χ0n) is 13.4. The molecule has 0 fully saturated rings. The summed E-state index contributed by atoms with van der Waals surface area (Å²) in [7, 11) is 0. The van der Waals surface area contributed by atoms with Gasteiger partial charge in [0.05, 0.1) is 16.8 Å². The van der Waals surface area contributed by atoms with Crippen LogP contribution in [0.2, 0.25) is 0 Å². The Labute approximate surface area is 143 Å². The zero-order chi connectivity index (χ0) is 17.6. The van der Waals surface area contributed by atoms with Crippen LogP contribution in [0.25, 0.3) is 10.9 Å². The zero-order valence-corrected chi connectivity index (χ0v) is 13.4. The summed E-state index contributed by atoms with van der Waals surface area (Å²) in [5.74, 6) is -0.843. The predicted molar refractivity (Wildman–Crippen MR) is 92.3 cm³/mol. The molecule has 2 heterocycles. The summed E-state index contributed by atoms with van der Waals surface area (Å²) in [5.41, 5.74) is 2.29. The van der Waals surface area contributed by atoms with Gasteiger partial charge in [-0.25, -0.2) is 4.99 Å². The van der Waals surface area contributed by atoms with Gasteiger partial charge >= 0.3 is 5.97 Å². The average molecular weight is 334 g/mol. The van der Waals surface area contributed by atoms with Gasteiger partial charge in [0.2, 0.25) is 11.7 Å². The Morgan fingerprint density at radius 3 is 2.64 bits per heavy atom. The quantitative estimate of drug-likeness (QED) is 0.746. The fourth-order valence-corrected chi connectivity index (χ4v) is 3.04. The summed E-state index contributed by atoms with van der Waals surface area (Å²) < 4.78 is 6.47. The van der Waals surface area contributed by atoms with E-state index in [-0.39, 0.29) is 24.1 Å². The van der Waals surface area contributed by atoms with Crippen LogP contribution in [-0.4, -0.2) is 27.1 Å². The van der Waals surface area contributed by atoms with E-state index in [1.165, 1.54) is 11.5 Å². The Morgan fingerprint density at radius 2 is 1.88 bits per heavy atom. The highest BCUT2D eigenvalue weighted by atomic mass is 16.5. The monoisotopic (exact) mass is 334 g/mol. The van der Waals surface area contributed by atoms with E-state index in [9.17, 15) is 14.7 Å². The minimum Gasteiger partial charge on any atom is -0.494 e. The fourth-order valence-electron chi connectivity index (χ4n) is 3.04. The molecular weight excluding hydrogens is 320 g/mol. The van der Waals surface area contributed by atoms with Gasteiger partial charge in [0, 0.05) is 17.9 Å². The third-order valence-electron chi connectivity index (χ3n) is 4.17. The first-order valence-corrected chi connectivity index (χ1v) is 7.74. The van der Waals surface area contributed by atoms with Gasteiger partial charge in [-0.2, -0.15) is 0 Å². The van der Waals surface area contributed by atoms with Crippen molar-refractivity contribution < 1.29 is 19.4 Å². The molecule has 2 aromatic carbocycles. The van der Waals surface area contributed by atoms with E-state index in [0.29, 0.717) is 27.7 Å². The number of aromatic nitrogens is 1.